The number of amides is 1. The van der Waals surface area contributed by atoms with Gasteiger partial charge in [0.15, 0.2) is 0 Å². The van der Waals surface area contributed by atoms with E-state index in [0.29, 0.717) is 17.9 Å². The second kappa shape index (κ2) is 13.1. The van der Waals surface area contributed by atoms with Gasteiger partial charge < -0.3 is 20.6 Å². The molecule has 0 radical (unpaired) electrons. The molecule has 3 aromatic rings. The Hall–Kier alpha value is -3.16. The molecule has 1 amide bonds. The highest BCUT2D eigenvalue weighted by molar-refractivity contribution is 14.1. The number of nitrogens with zero attached hydrogens (tertiary/aromatic N) is 3. The van der Waals surface area contributed by atoms with Crippen molar-refractivity contribution in [2.45, 2.75) is 37.9 Å². The van der Waals surface area contributed by atoms with Crippen LogP contribution in [0.5, 0.6) is 0 Å². The lowest BCUT2D eigenvalue weighted by atomic mass is 9.86. The number of carboxylic acid groups (broad SMARTS) is 1. The molecule has 8 nitrogen and oxygen atoms in total. The Kier molecular flexibility index (Phi) is 10.1. The van der Waals surface area contributed by atoms with Crippen LogP contribution in [0.15, 0.2) is 48.5 Å². The van der Waals surface area contributed by atoms with Crippen LogP contribution in [0.2, 0.25) is 0 Å². The maximum Gasteiger partial charge on any atom is 0.490 e. The molecular formula is C26H29F3IN5O3. The van der Waals surface area contributed by atoms with E-state index in [4.69, 9.17) is 19.9 Å². The average molecular weight is 643 g/mol. The van der Waals surface area contributed by atoms with Gasteiger partial charge >= 0.3 is 12.1 Å². The van der Waals surface area contributed by atoms with Crippen LogP contribution in [0.4, 0.5) is 24.9 Å². The number of aromatic nitrogens is 2. The molecule has 1 saturated carbocycles. The van der Waals surface area contributed by atoms with Gasteiger partial charge in [-0.25, -0.2) is 9.78 Å². The maximum absolute atomic E-state index is 12.4. The normalized spacial score (nSPS) is 17.2. The summed E-state index contributed by atoms with van der Waals surface area (Å²) in [5, 5.41) is 14.8. The van der Waals surface area contributed by atoms with Gasteiger partial charge in [-0.3, -0.25) is 4.79 Å². The van der Waals surface area contributed by atoms with E-state index in [1.54, 1.807) is 0 Å². The van der Waals surface area contributed by atoms with E-state index in [2.05, 4.69) is 39.3 Å². The molecule has 0 aliphatic heterocycles. The van der Waals surface area contributed by atoms with E-state index in [-0.39, 0.29) is 5.91 Å². The molecule has 0 bridgehead atoms. The Labute approximate surface area is 232 Å². The fourth-order valence-corrected chi connectivity index (χ4v) is 4.46. The lowest BCUT2D eigenvalue weighted by molar-refractivity contribution is -0.192. The Bertz CT molecular complexity index is 1250. The van der Waals surface area contributed by atoms with Gasteiger partial charge in [0.25, 0.3) is 5.91 Å². The van der Waals surface area contributed by atoms with Crippen LogP contribution in [0.25, 0.3) is 10.9 Å². The number of hydrogen-bond donors (Lipinski definition) is 3. The van der Waals surface area contributed by atoms with Crippen LogP contribution in [0.1, 0.15) is 36.0 Å². The summed E-state index contributed by atoms with van der Waals surface area (Å²) in [5.74, 6) is -0.608. The number of rotatable bonds is 6. The molecule has 2 aromatic carbocycles. The summed E-state index contributed by atoms with van der Waals surface area (Å²) in [5.41, 5.74) is 1.68. The summed E-state index contributed by atoms with van der Waals surface area (Å²) >= 11 is 2.25. The number of anilines is 2. The zero-order chi connectivity index (χ0) is 27.9. The molecule has 1 aliphatic carbocycles. The minimum Gasteiger partial charge on any atom is -0.475 e. The fourth-order valence-electron chi connectivity index (χ4n) is 4.10. The minimum atomic E-state index is -5.08. The zero-order valence-corrected chi connectivity index (χ0v) is 23.1. The molecule has 0 spiro atoms. The molecule has 1 aromatic heterocycles. The van der Waals surface area contributed by atoms with Crippen molar-refractivity contribution in [3.63, 3.8) is 0 Å². The highest BCUT2D eigenvalue weighted by Crippen LogP contribution is 2.28. The predicted molar refractivity (Wildman–Crippen MR) is 148 cm³/mol. The molecule has 12 heteroatoms. The third kappa shape index (κ3) is 8.43. The van der Waals surface area contributed by atoms with Gasteiger partial charge in [0.1, 0.15) is 5.82 Å². The summed E-state index contributed by atoms with van der Waals surface area (Å²) in [6.07, 6.45) is -0.813. The smallest absolute Gasteiger partial charge is 0.475 e. The van der Waals surface area contributed by atoms with Crippen LogP contribution in [0.3, 0.4) is 0 Å². The van der Waals surface area contributed by atoms with Crippen molar-refractivity contribution < 1.29 is 27.9 Å². The molecule has 1 fully saturated rings. The number of carbonyl (C=O) groups excluding carboxylic acids is 1. The minimum absolute atomic E-state index is 0.0115. The predicted octanol–water partition coefficient (Wildman–Crippen LogP) is 5.33. The maximum atomic E-state index is 12.4. The van der Waals surface area contributed by atoms with Gasteiger partial charge in [-0.1, -0.05) is 12.1 Å². The first-order chi connectivity index (χ1) is 17.9. The van der Waals surface area contributed by atoms with Gasteiger partial charge in [-0.15, -0.1) is 0 Å². The van der Waals surface area contributed by atoms with Crippen LogP contribution in [-0.2, 0) is 4.79 Å². The van der Waals surface area contributed by atoms with Crippen molar-refractivity contribution in [2.24, 2.45) is 5.92 Å². The van der Waals surface area contributed by atoms with E-state index in [1.165, 1.54) is 0 Å². The molecule has 1 heterocycles. The van der Waals surface area contributed by atoms with Crippen LogP contribution in [0, 0.1) is 9.49 Å². The number of alkyl halides is 3. The molecule has 0 unspecified atom stereocenters. The Morgan fingerprint density at radius 2 is 1.63 bits per heavy atom. The van der Waals surface area contributed by atoms with Crippen LogP contribution in [-0.4, -0.2) is 59.8 Å². The fraction of sp³-hybridized carbons (Fsp3) is 0.385. The van der Waals surface area contributed by atoms with Crippen molar-refractivity contribution in [1.82, 2.24) is 15.3 Å². The van der Waals surface area contributed by atoms with Crippen molar-refractivity contribution in [2.75, 3.05) is 30.9 Å². The number of carbonyl (C=O) groups is 2. The van der Waals surface area contributed by atoms with E-state index < -0.39 is 12.1 Å². The van der Waals surface area contributed by atoms with Crippen LogP contribution >= 0.6 is 22.6 Å². The number of carboxylic acids is 1. The summed E-state index contributed by atoms with van der Waals surface area (Å²) in [7, 11) is 4.02. The number of nitrogens with one attached hydrogen (secondary N) is 2. The van der Waals surface area contributed by atoms with Crippen LogP contribution < -0.4 is 15.5 Å². The summed E-state index contributed by atoms with van der Waals surface area (Å²) in [4.78, 5) is 32.8. The number of hydrogen-bond acceptors (Lipinski definition) is 6. The third-order valence-electron chi connectivity index (χ3n) is 6.09. The first kappa shape index (κ1) is 29.4. The van der Waals surface area contributed by atoms with E-state index in [9.17, 15) is 18.0 Å². The second-order valence-corrected chi connectivity index (χ2v) is 10.4. The zero-order valence-electron chi connectivity index (χ0n) is 20.9. The molecule has 204 valence electrons. The van der Waals surface area contributed by atoms with Crippen molar-refractivity contribution in [3.05, 3.63) is 57.7 Å². The van der Waals surface area contributed by atoms with E-state index in [0.717, 1.165) is 58.1 Å². The summed E-state index contributed by atoms with van der Waals surface area (Å²) in [6, 6.07) is 16.2. The van der Waals surface area contributed by atoms with Crippen molar-refractivity contribution in [1.29, 1.82) is 0 Å². The molecule has 4 rings (SSSR count). The van der Waals surface area contributed by atoms with E-state index in [1.807, 2.05) is 61.5 Å². The highest BCUT2D eigenvalue weighted by Gasteiger charge is 2.38. The standard InChI is InChI=1S/C24H28IN5O.C2HF3O2/c1-30(2)22-20-5-3-4-6-21(20)28-24(29-22)27-19-13-7-16(8-14-19)15-26-23(31)17-9-11-18(25)12-10-17;3-2(4,5)1(6)7/h3-6,9-12,16,19H,7-8,13-15H2,1-2H3,(H,26,31)(H,27,28,29);(H,6,7). The quantitative estimate of drug-likeness (QED) is 0.312. The molecule has 1 aliphatic rings. The lowest BCUT2D eigenvalue weighted by Gasteiger charge is -2.29. The van der Waals surface area contributed by atoms with Crippen molar-refractivity contribution in [3.8, 4) is 0 Å². The largest absolute Gasteiger partial charge is 0.490 e. The molecule has 3 N–H and O–H groups in total. The van der Waals surface area contributed by atoms with E-state index >= 15 is 0 Å². The first-order valence-electron chi connectivity index (χ1n) is 12.0. The number of benzene rings is 2. The molecule has 0 saturated heterocycles. The van der Waals surface area contributed by atoms with Crippen molar-refractivity contribution >= 4 is 57.1 Å². The Balaban J connectivity index is 0.000000505. The molecular weight excluding hydrogens is 614 g/mol. The SMILES string of the molecule is CN(C)c1nc(NC2CCC(CNC(=O)c3ccc(I)cc3)CC2)nc2ccccc12.O=C(O)C(F)(F)F. The lowest BCUT2D eigenvalue weighted by Crippen LogP contribution is -2.34. The molecule has 38 heavy (non-hydrogen) atoms. The molecule has 0 atom stereocenters. The number of aliphatic carboxylic acids is 1. The van der Waals surface area contributed by atoms with Gasteiger partial charge in [-0.2, -0.15) is 18.2 Å². The number of halogens is 4. The number of fused-ring (bicyclic) bond motifs is 1. The summed E-state index contributed by atoms with van der Waals surface area (Å²) < 4.78 is 32.9. The second-order valence-electron chi connectivity index (χ2n) is 9.16. The topological polar surface area (TPSA) is 107 Å². The highest BCUT2D eigenvalue weighted by atomic mass is 127. The average Bonchev–Trinajstić information content (AvgIpc) is 2.88. The third-order valence-corrected chi connectivity index (χ3v) is 6.81. The Morgan fingerprint density at radius 1 is 1.03 bits per heavy atom. The monoisotopic (exact) mass is 643 g/mol. The van der Waals surface area contributed by atoms with Gasteiger partial charge in [-0.05, 0) is 90.6 Å². The summed E-state index contributed by atoms with van der Waals surface area (Å²) in [6.45, 7) is 0.731. The first-order valence-corrected chi connectivity index (χ1v) is 13.1. The van der Waals surface area contributed by atoms with Gasteiger partial charge in [0.2, 0.25) is 5.95 Å². The van der Waals surface area contributed by atoms with Gasteiger partial charge in [0.05, 0.1) is 5.52 Å². The Morgan fingerprint density at radius 3 is 2.21 bits per heavy atom. The van der Waals surface area contributed by atoms with Gasteiger partial charge in [0, 0.05) is 41.2 Å². The number of para-hydroxylation sites is 1.